The van der Waals surface area contributed by atoms with E-state index in [9.17, 15) is 9.59 Å². The molecule has 2 unspecified atom stereocenters. The van der Waals surface area contributed by atoms with Gasteiger partial charge in [-0.3, -0.25) is 9.59 Å². The van der Waals surface area contributed by atoms with Gasteiger partial charge in [0.25, 0.3) is 0 Å². The van der Waals surface area contributed by atoms with E-state index in [-0.39, 0.29) is 11.9 Å². The van der Waals surface area contributed by atoms with Crippen molar-refractivity contribution in [3.05, 3.63) is 35.5 Å². The van der Waals surface area contributed by atoms with Gasteiger partial charge in [-0.15, -0.1) is 0 Å². The zero-order valence-corrected chi connectivity index (χ0v) is 16.8. The summed E-state index contributed by atoms with van der Waals surface area (Å²) in [7, 11) is 0. The monoisotopic (exact) mass is 362 g/mol. The van der Waals surface area contributed by atoms with Crippen LogP contribution in [0.1, 0.15) is 66.2 Å². The predicted octanol–water partition coefficient (Wildman–Crippen LogP) is 5.15. The van der Waals surface area contributed by atoms with E-state index in [0.717, 1.165) is 25.7 Å². The van der Waals surface area contributed by atoms with Gasteiger partial charge in [0.05, 0.1) is 25.0 Å². The summed E-state index contributed by atoms with van der Waals surface area (Å²) < 4.78 is 10.9. The van der Waals surface area contributed by atoms with E-state index in [1.165, 1.54) is 11.1 Å². The summed E-state index contributed by atoms with van der Waals surface area (Å²) >= 11 is 0. The molecule has 1 aliphatic carbocycles. The Labute approximate surface area is 158 Å². The van der Waals surface area contributed by atoms with Crippen LogP contribution in [0.5, 0.6) is 0 Å². The highest BCUT2D eigenvalue weighted by molar-refractivity contribution is 5.83. The first-order valence-electron chi connectivity index (χ1n) is 9.72. The number of ether oxygens (including phenoxy) is 2. The van der Waals surface area contributed by atoms with Crippen molar-refractivity contribution < 1.29 is 19.1 Å². The minimum absolute atomic E-state index is 0.270. The van der Waals surface area contributed by atoms with Crippen LogP contribution in [0, 0.1) is 11.8 Å². The number of esters is 2. The summed E-state index contributed by atoms with van der Waals surface area (Å²) in [5, 5.41) is 0. The standard InChI is InChI=1S/C22H34O4/c1-5-7-9-11-13-25-21(23)19-15-17(3)18(4)16-20(19)22(24)26-14-12-10-8-6-2/h5-8,19-20H,9-16H2,1-4H3. The van der Waals surface area contributed by atoms with Crippen molar-refractivity contribution in [1.82, 2.24) is 0 Å². The van der Waals surface area contributed by atoms with Crippen LogP contribution in [0.4, 0.5) is 0 Å². The van der Waals surface area contributed by atoms with Gasteiger partial charge in [-0.2, -0.15) is 0 Å². The van der Waals surface area contributed by atoms with Crippen LogP contribution in [-0.4, -0.2) is 25.2 Å². The molecular weight excluding hydrogens is 328 g/mol. The lowest BCUT2D eigenvalue weighted by molar-refractivity contribution is -0.161. The van der Waals surface area contributed by atoms with E-state index in [2.05, 4.69) is 12.2 Å². The van der Waals surface area contributed by atoms with E-state index in [1.807, 2.05) is 39.8 Å². The average Bonchev–Trinajstić information content (AvgIpc) is 2.62. The Bertz CT molecular complexity index is 494. The Morgan fingerprint density at radius 2 is 1.23 bits per heavy atom. The van der Waals surface area contributed by atoms with Crippen molar-refractivity contribution in [2.75, 3.05) is 13.2 Å². The van der Waals surface area contributed by atoms with Gasteiger partial charge < -0.3 is 9.47 Å². The van der Waals surface area contributed by atoms with Gasteiger partial charge in [-0.25, -0.2) is 0 Å². The number of hydrogen-bond donors (Lipinski definition) is 0. The normalized spacial score (nSPS) is 20.8. The van der Waals surface area contributed by atoms with Crippen LogP contribution in [0.2, 0.25) is 0 Å². The van der Waals surface area contributed by atoms with Gasteiger partial charge >= 0.3 is 11.9 Å². The minimum Gasteiger partial charge on any atom is -0.465 e. The molecule has 0 fully saturated rings. The number of carbonyl (C=O) groups is 2. The molecule has 146 valence electrons. The molecule has 0 aromatic rings. The molecule has 0 aliphatic heterocycles. The van der Waals surface area contributed by atoms with Crippen molar-refractivity contribution in [2.45, 2.75) is 66.2 Å². The second-order valence-corrected chi connectivity index (χ2v) is 6.94. The van der Waals surface area contributed by atoms with Gasteiger partial charge in [0.15, 0.2) is 0 Å². The van der Waals surface area contributed by atoms with Gasteiger partial charge in [-0.1, -0.05) is 35.5 Å². The maximum atomic E-state index is 12.5. The lowest BCUT2D eigenvalue weighted by Gasteiger charge is -2.30. The summed E-state index contributed by atoms with van der Waals surface area (Å²) in [5.74, 6) is -1.40. The van der Waals surface area contributed by atoms with Gasteiger partial charge in [-0.05, 0) is 66.2 Å². The molecule has 0 aromatic carbocycles. The topological polar surface area (TPSA) is 52.6 Å². The van der Waals surface area contributed by atoms with Crippen LogP contribution >= 0.6 is 0 Å². The number of carbonyl (C=O) groups excluding carboxylic acids is 2. The first kappa shape index (κ1) is 22.2. The molecular formula is C22H34O4. The highest BCUT2D eigenvalue weighted by Crippen LogP contribution is 2.35. The van der Waals surface area contributed by atoms with E-state index >= 15 is 0 Å². The Morgan fingerprint density at radius 1 is 0.846 bits per heavy atom. The molecule has 0 saturated carbocycles. The predicted molar refractivity (Wildman–Crippen MR) is 105 cm³/mol. The number of hydrogen-bond acceptors (Lipinski definition) is 4. The third-order valence-electron chi connectivity index (χ3n) is 4.86. The molecule has 0 N–H and O–H groups in total. The van der Waals surface area contributed by atoms with Crippen LogP contribution < -0.4 is 0 Å². The minimum atomic E-state index is -0.427. The zero-order valence-electron chi connectivity index (χ0n) is 16.8. The zero-order chi connectivity index (χ0) is 19.4. The first-order chi connectivity index (χ1) is 12.5. The molecule has 0 spiro atoms. The molecule has 0 saturated heterocycles. The summed E-state index contributed by atoms with van der Waals surface area (Å²) in [4.78, 5) is 25.1. The summed E-state index contributed by atoms with van der Waals surface area (Å²) in [6, 6.07) is 0. The van der Waals surface area contributed by atoms with Gasteiger partial charge in [0.2, 0.25) is 0 Å². The molecule has 0 bridgehead atoms. The first-order valence-corrected chi connectivity index (χ1v) is 9.72. The maximum absolute atomic E-state index is 12.5. The maximum Gasteiger partial charge on any atom is 0.310 e. The lowest BCUT2D eigenvalue weighted by Crippen LogP contribution is -2.35. The van der Waals surface area contributed by atoms with Gasteiger partial charge in [0.1, 0.15) is 0 Å². The van der Waals surface area contributed by atoms with Crippen LogP contribution in [-0.2, 0) is 19.1 Å². The molecule has 0 aromatic heterocycles. The fourth-order valence-electron chi connectivity index (χ4n) is 3.08. The molecule has 26 heavy (non-hydrogen) atoms. The molecule has 1 rings (SSSR count). The van der Waals surface area contributed by atoms with Crippen LogP contribution in [0.3, 0.4) is 0 Å². The third-order valence-corrected chi connectivity index (χ3v) is 4.86. The van der Waals surface area contributed by atoms with Crippen molar-refractivity contribution in [3.8, 4) is 0 Å². The summed E-state index contributed by atoms with van der Waals surface area (Å²) in [5.41, 5.74) is 2.36. The second kappa shape index (κ2) is 12.5. The quantitative estimate of drug-likeness (QED) is 0.306. The molecule has 0 amide bonds. The highest BCUT2D eigenvalue weighted by atomic mass is 16.5. The molecule has 4 nitrogen and oxygen atoms in total. The fourth-order valence-corrected chi connectivity index (χ4v) is 3.08. The smallest absolute Gasteiger partial charge is 0.310 e. The average molecular weight is 363 g/mol. The van der Waals surface area contributed by atoms with E-state index in [1.54, 1.807) is 0 Å². The summed E-state index contributed by atoms with van der Waals surface area (Å²) in [6.45, 7) is 8.79. The van der Waals surface area contributed by atoms with E-state index in [0.29, 0.717) is 26.1 Å². The van der Waals surface area contributed by atoms with Crippen LogP contribution in [0.15, 0.2) is 35.5 Å². The Kier molecular flexibility index (Phi) is 10.7. The second-order valence-electron chi connectivity index (χ2n) is 6.94. The lowest BCUT2D eigenvalue weighted by atomic mass is 9.76. The number of unbranched alkanes of at least 4 members (excludes halogenated alkanes) is 2. The largest absolute Gasteiger partial charge is 0.465 e. The highest BCUT2D eigenvalue weighted by Gasteiger charge is 2.39. The van der Waals surface area contributed by atoms with Crippen molar-refractivity contribution in [3.63, 3.8) is 0 Å². The number of allylic oxidation sites excluding steroid dienone is 6. The van der Waals surface area contributed by atoms with Crippen molar-refractivity contribution in [1.29, 1.82) is 0 Å². The Hall–Kier alpha value is -1.84. The fraction of sp³-hybridized carbons (Fsp3) is 0.636. The third kappa shape index (κ3) is 7.59. The van der Waals surface area contributed by atoms with Crippen molar-refractivity contribution >= 4 is 11.9 Å². The molecule has 0 radical (unpaired) electrons. The van der Waals surface area contributed by atoms with E-state index < -0.39 is 11.8 Å². The summed E-state index contributed by atoms with van der Waals surface area (Å²) in [6.07, 6.45) is 12.6. The van der Waals surface area contributed by atoms with Gasteiger partial charge in [0, 0.05) is 0 Å². The number of rotatable bonds is 10. The van der Waals surface area contributed by atoms with Crippen LogP contribution in [0.25, 0.3) is 0 Å². The Balaban J connectivity index is 2.60. The SMILES string of the molecule is CC=CCCCOC(=O)C1CC(C)=C(C)CC1C(=O)OCCCC=CC. The Morgan fingerprint density at radius 3 is 1.58 bits per heavy atom. The van der Waals surface area contributed by atoms with Crippen molar-refractivity contribution in [2.24, 2.45) is 11.8 Å². The molecule has 0 heterocycles. The van der Waals surface area contributed by atoms with E-state index in [4.69, 9.17) is 9.47 Å². The molecule has 2 atom stereocenters. The molecule has 1 aliphatic rings. The molecule has 4 heteroatoms.